The maximum Gasteiger partial charge on any atom is 0.261 e. The third-order valence-corrected chi connectivity index (χ3v) is 4.27. The summed E-state index contributed by atoms with van der Waals surface area (Å²) >= 11 is 0. The number of likely N-dealkylation sites (tertiary alicyclic amines) is 1. The minimum atomic E-state index is -0.484. The maximum absolute atomic E-state index is 12.8. The SMILES string of the molecule is COc1cccc(OC)c1C(=O)N1CCC2(CC1)OCCO2. The summed E-state index contributed by atoms with van der Waals surface area (Å²) < 4.78 is 22.0. The van der Waals surface area contributed by atoms with E-state index in [9.17, 15) is 4.79 Å². The fraction of sp³-hybridized carbons (Fsp3) is 0.562. The highest BCUT2D eigenvalue weighted by atomic mass is 16.7. The average Bonchev–Trinajstić information content (AvgIpc) is 3.02. The molecule has 1 spiro atoms. The normalized spacial score (nSPS) is 20.2. The van der Waals surface area contributed by atoms with Crippen molar-refractivity contribution in [2.75, 3.05) is 40.5 Å². The van der Waals surface area contributed by atoms with Crippen LogP contribution < -0.4 is 9.47 Å². The molecule has 2 aliphatic rings. The van der Waals surface area contributed by atoms with Crippen molar-refractivity contribution in [2.24, 2.45) is 0 Å². The molecule has 0 saturated carbocycles. The van der Waals surface area contributed by atoms with E-state index in [0.717, 1.165) is 0 Å². The molecule has 0 N–H and O–H groups in total. The van der Waals surface area contributed by atoms with Crippen LogP contribution in [0.2, 0.25) is 0 Å². The molecule has 2 saturated heterocycles. The van der Waals surface area contributed by atoms with Gasteiger partial charge in [-0.15, -0.1) is 0 Å². The van der Waals surface area contributed by atoms with E-state index in [1.807, 2.05) is 0 Å². The molecule has 3 rings (SSSR count). The quantitative estimate of drug-likeness (QED) is 0.850. The van der Waals surface area contributed by atoms with E-state index in [1.165, 1.54) is 0 Å². The molecular formula is C16H21NO5. The van der Waals surface area contributed by atoms with Gasteiger partial charge in [-0.3, -0.25) is 4.79 Å². The van der Waals surface area contributed by atoms with Gasteiger partial charge in [0.05, 0.1) is 27.4 Å². The Hall–Kier alpha value is -1.79. The largest absolute Gasteiger partial charge is 0.496 e. The molecule has 2 heterocycles. The number of amides is 1. The van der Waals surface area contributed by atoms with Crippen LogP contribution in [0, 0.1) is 0 Å². The van der Waals surface area contributed by atoms with Crippen molar-refractivity contribution in [3.63, 3.8) is 0 Å². The van der Waals surface area contributed by atoms with Crippen molar-refractivity contribution >= 4 is 5.91 Å². The summed E-state index contributed by atoms with van der Waals surface area (Å²) in [4.78, 5) is 14.6. The number of hydrogen-bond acceptors (Lipinski definition) is 5. The first-order valence-electron chi connectivity index (χ1n) is 7.47. The summed E-state index contributed by atoms with van der Waals surface area (Å²) in [5.74, 6) is 0.486. The maximum atomic E-state index is 12.8. The smallest absolute Gasteiger partial charge is 0.261 e. The third-order valence-electron chi connectivity index (χ3n) is 4.27. The van der Waals surface area contributed by atoms with Crippen LogP contribution in [-0.4, -0.2) is 57.1 Å². The Bertz CT molecular complexity index is 521. The van der Waals surface area contributed by atoms with Gasteiger partial charge >= 0.3 is 0 Å². The van der Waals surface area contributed by atoms with E-state index in [-0.39, 0.29) is 5.91 Å². The standard InChI is InChI=1S/C16H21NO5/c1-19-12-4-3-5-13(20-2)14(12)15(18)17-8-6-16(7-9-17)21-10-11-22-16/h3-5H,6-11H2,1-2H3. The minimum Gasteiger partial charge on any atom is -0.496 e. The Morgan fingerprint density at radius 1 is 1.09 bits per heavy atom. The Morgan fingerprint density at radius 3 is 2.14 bits per heavy atom. The first-order valence-corrected chi connectivity index (χ1v) is 7.47. The number of carbonyl (C=O) groups excluding carboxylic acids is 1. The van der Waals surface area contributed by atoms with Crippen molar-refractivity contribution in [2.45, 2.75) is 18.6 Å². The van der Waals surface area contributed by atoms with Crippen molar-refractivity contribution in [3.8, 4) is 11.5 Å². The molecular weight excluding hydrogens is 286 g/mol. The molecule has 0 radical (unpaired) electrons. The van der Waals surface area contributed by atoms with Gasteiger partial charge in [0, 0.05) is 25.9 Å². The zero-order chi connectivity index (χ0) is 15.6. The van der Waals surface area contributed by atoms with E-state index in [0.29, 0.717) is 56.2 Å². The van der Waals surface area contributed by atoms with Crippen molar-refractivity contribution in [1.82, 2.24) is 4.90 Å². The molecule has 6 heteroatoms. The molecule has 0 aliphatic carbocycles. The summed E-state index contributed by atoms with van der Waals surface area (Å²) in [7, 11) is 3.11. The Kier molecular flexibility index (Phi) is 4.22. The summed E-state index contributed by atoms with van der Waals surface area (Å²) in [6, 6.07) is 5.34. The molecule has 6 nitrogen and oxygen atoms in total. The number of rotatable bonds is 3. The lowest BCUT2D eigenvalue weighted by atomic mass is 10.0. The lowest BCUT2D eigenvalue weighted by Crippen LogP contribution is -2.47. The van der Waals surface area contributed by atoms with Crippen molar-refractivity contribution in [1.29, 1.82) is 0 Å². The number of piperidine rings is 1. The number of ether oxygens (including phenoxy) is 4. The predicted octanol–water partition coefficient (Wildman–Crippen LogP) is 1.68. The fourth-order valence-corrected chi connectivity index (χ4v) is 3.06. The number of nitrogens with zero attached hydrogens (tertiary/aromatic N) is 1. The molecule has 0 bridgehead atoms. The van der Waals surface area contributed by atoms with Gasteiger partial charge in [0.15, 0.2) is 5.79 Å². The van der Waals surface area contributed by atoms with Crippen LogP contribution in [0.4, 0.5) is 0 Å². The fourth-order valence-electron chi connectivity index (χ4n) is 3.06. The van der Waals surface area contributed by atoms with Crippen LogP contribution in [0.5, 0.6) is 11.5 Å². The lowest BCUT2D eigenvalue weighted by Gasteiger charge is -2.37. The summed E-state index contributed by atoms with van der Waals surface area (Å²) in [5.41, 5.74) is 0.469. The highest BCUT2D eigenvalue weighted by molar-refractivity contribution is 5.99. The Morgan fingerprint density at radius 2 is 1.64 bits per heavy atom. The topological polar surface area (TPSA) is 57.2 Å². The molecule has 0 unspecified atom stereocenters. The molecule has 2 fully saturated rings. The van der Waals surface area contributed by atoms with Gasteiger partial charge in [0.2, 0.25) is 0 Å². The van der Waals surface area contributed by atoms with Crippen LogP contribution in [0.3, 0.4) is 0 Å². The molecule has 1 aromatic rings. The van der Waals surface area contributed by atoms with Crippen LogP contribution >= 0.6 is 0 Å². The number of carbonyl (C=O) groups is 1. The second-order valence-electron chi connectivity index (χ2n) is 5.44. The first kappa shape index (κ1) is 15.1. The van der Waals surface area contributed by atoms with E-state index in [2.05, 4.69) is 0 Å². The predicted molar refractivity (Wildman–Crippen MR) is 79.3 cm³/mol. The molecule has 1 amide bonds. The van der Waals surface area contributed by atoms with Gasteiger partial charge in [-0.2, -0.15) is 0 Å². The minimum absolute atomic E-state index is 0.0813. The van der Waals surface area contributed by atoms with Crippen LogP contribution in [0.1, 0.15) is 23.2 Å². The number of hydrogen-bond donors (Lipinski definition) is 0. The summed E-state index contributed by atoms with van der Waals surface area (Å²) in [5, 5.41) is 0. The molecule has 22 heavy (non-hydrogen) atoms. The molecule has 0 aromatic heterocycles. The molecule has 120 valence electrons. The van der Waals surface area contributed by atoms with Gasteiger partial charge in [-0.05, 0) is 12.1 Å². The van der Waals surface area contributed by atoms with Crippen molar-refractivity contribution < 1.29 is 23.7 Å². The highest BCUT2D eigenvalue weighted by Gasteiger charge is 2.41. The highest BCUT2D eigenvalue weighted by Crippen LogP contribution is 2.34. The zero-order valence-electron chi connectivity index (χ0n) is 13.0. The van der Waals surface area contributed by atoms with Crippen LogP contribution in [0.15, 0.2) is 18.2 Å². The lowest BCUT2D eigenvalue weighted by molar-refractivity contribution is -0.181. The van der Waals surface area contributed by atoms with Gasteiger partial charge < -0.3 is 23.8 Å². The van der Waals surface area contributed by atoms with E-state index in [1.54, 1.807) is 37.3 Å². The molecule has 0 atom stereocenters. The summed E-state index contributed by atoms with van der Waals surface area (Å²) in [6.07, 6.45) is 1.38. The third kappa shape index (κ3) is 2.64. The Balaban J connectivity index is 1.78. The van der Waals surface area contributed by atoms with Crippen molar-refractivity contribution in [3.05, 3.63) is 23.8 Å². The van der Waals surface area contributed by atoms with E-state index >= 15 is 0 Å². The van der Waals surface area contributed by atoms with Gasteiger partial charge in [-0.25, -0.2) is 0 Å². The van der Waals surface area contributed by atoms with Gasteiger partial charge in [-0.1, -0.05) is 6.07 Å². The number of benzene rings is 1. The van der Waals surface area contributed by atoms with Gasteiger partial charge in [0.1, 0.15) is 17.1 Å². The van der Waals surface area contributed by atoms with Gasteiger partial charge in [0.25, 0.3) is 5.91 Å². The monoisotopic (exact) mass is 307 g/mol. The van der Waals surface area contributed by atoms with Crippen LogP contribution in [0.25, 0.3) is 0 Å². The average molecular weight is 307 g/mol. The second kappa shape index (κ2) is 6.14. The first-order chi connectivity index (χ1) is 10.7. The Labute approximate surface area is 129 Å². The molecule has 2 aliphatic heterocycles. The number of methoxy groups -OCH3 is 2. The summed E-state index contributed by atoms with van der Waals surface area (Å²) in [6.45, 7) is 2.46. The van der Waals surface area contributed by atoms with E-state index < -0.39 is 5.79 Å². The van der Waals surface area contributed by atoms with E-state index in [4.69, 9.17) is 18.9 Å². The molecule has 1 aromatic carbocycles. The van der Waals surface area contributed by atoms with Crippen LogP contribution in [-0.2, 0) is 9.47 Å². The zero-order valence-corrected chi connectivity index (χ0v) is 13.0. The second-order valence-corrected chi connectivity index (χ2v) is 5.44.